The van der Waals surface area contributed by atoms with Gasteiger partial charge in [-0.05, 0) is 41.0 Å². The summed E-state index contributed by atoms with van der Waals surface area (Å²) in [5.41, 5.74) is 10.6. The molecule has 1 aromatic carbocycles. The van der Waals surface area contributed by atoms with Gasteiger partial charge in [0, 0.05) is 60.9 Å². The number of fused-ring (bicyclic) bond motifs is 1. The number of aliphatic hydroxyl groups is 1. The van der Waals surface area contributed by atoms with Crippen molar-refractivity contribution in [2.24, 2.45) is 5.73 Å². The molecule has 1 aliphatic rings. The maximum absolute atomic E-state index is 13.4. The normalized spacial score (nSPS) is 14.9. The van der Waals surface area contributed by atoms with Gasteiger partial charge in [-0.1, -0.05) is 6.07 Å². The first kappa shape index (κ1) is 20.6. The van der Waals surface area contributed by atoms with E-state index in [0.29, 0.717) is 18.7 Å². The van der Waals surface area contributed by atoms with E-state index in [-0.39, 0.29) is 0 Å². The number of hydrogen-bond acceptors (Lipinski definition) is 6. The SMILES string of the molecule is N=CC(=CN)c1ccncc1/C=C/Nc1ccc2c(c1)CN(CC(F)(F)CO)C2. The van der Waals surface area contributed by atoms with Gasteiger partial charge in [0.2, 0.25) is 0 Å². The minimum absolute atomic E-state index is 0.418. The number of aliphatic hydroxyl groups excluding tert-OH is 1. The first-order chi connectivity index (χ1) is 14.0. The standard InChI is InChI=1S/C21H23F2N5O/c22-21(23,14-29)13-28-11-16-1-2-19(7-17(16)12-28)27-6-3-15-10-26-5-4-20(15)18(8-24)9-25/h1-10,24,27,29H,11-14,25H2/b6-3+,18-9?,24-8?. The van der Waals surface area contributed by atoms with E-state index in [9.17, 15) is 8.78 Å². The molecule has 0 unspecified atom stereocenters. The van der Waals surface area contributed by atoms with Crippen LogP contribution in [0.4, 0.5) is 14.5 Å². The summed E-state index contributed by atoms with van der Waals surface area (Å²) in [6, 6.07) is 7.53. The largest absolute Gasteiger partial charge is 0.404 e. The van der Waals surface area contributed by atoms with Crippen molar-refractivity contribution in [2.45, 2.75) is 19.0 Å². The van der Waals surface area contributed by atoms with Crippen LogP contribution in [-0.4, -0.2) is 40.3 Å². The average molecular weight is 399 g/mol. The maximum atomic E-state index is 13.4. The van der Waals surface area contributed by atoms with Gasteiger partial charge >= 0.3 is 0 Å². The number of halogens is 2. The summed E-state index contributed by atoms with van der Waals surface area (Å²) in [5, 5.41) is 19.4. The molecule has 2 aromatic rings. The van der Waals surface area contributed by atoms with Crippen molar-refractivity contribution in [3.8, 4) is 0 Å². The fourth-order valence-corrected chi connectivity index (χ4v) is 3.29. The fraction of sp³-hybridized carbons (Fsp3) is 0.238. The third-order valence-electron chi connectivity index (χ3n) is 4.69. The van der Waals surface area contributed by atoms with Crippen LogP contribution in [0.15, 0.2) is 49.1 Å². The van der Waals surface area contributed by atoms with Gasteiger partial charge in [0.1, 0.15) is 6.61 Å². The van der Waals surface area contributed by atoms with Gasteiger partial charge in [-0.25, -0.2) is 8.78 Å². The predicted molar refractivity (Wildman–Crippen MR) is 110 cm³/mol. The molecule has 0 fully saturated rings. The molecule has 0 saturated heterocycles. The number of alkyl halides is 2. The summed E-state index contributed by atoms with van der Waals surface area (Å²) in [6.07, 6.45) is 9.47. The van der Waals surface area contributed by atoms with E-state index in [0.717, 1.165) is 27.9 Å². The van der Waals surface area contributed by atoms with E-state index in [2.05, 4.69) is 10.3 Å². The van der Waals surface area contributed by atoms with Crippen molar-refractivity contribution in [3.05, 3.63) is 71.3 Å². The summed E-state index contributed by atoms with van der Waals surface area (Å²) in [4.78, 5) is 5.73. The Morgan fingerprint density at radius 1 is 1.31 bits per heavy atom. The maximum Gasteiger partial charge on any atom is 0.283 e. The highest BCUT2D eigenvalue weighted by Crippen LogP contribution is 2.28. The smallest absolute Gasteiger partial charge is 0.283 e. The molecule has 0 bridgehead atoms. The molecule has 0 saturated carbocycles. The third kappa shape index (κ3) is 5.04. The van der Waals surface area contributed by atoms with Crippen LogP contribution in [-0.2, 0) is 13.1 Å². The van der Waals surface area contributed by atoms with Crippen molar-refractivity contribution >= 4 is 23.6 Å². The lowest BCUT2D eigenvalue weighted by Gasteiger charge is -2.21. The van der Waals surface area contributed by atoms with E-state index in [1.807, 2.05) is 24.3 Å². The minimum Gasteiger partial charge on any atom is -0.404 e. The van der Waals surface area contributed by atoms with E-state index in [1.165, 1.54) is 12.4 Å². The molecule has 2 heterocycles. The van der Waals surface area contributed by atoms with E-state index >= 15 is 0 Å². The van der Waals surface area contributed by atoms with Crippen molar-refractivity contribution in [3.63, 3.8) is 0 Å². The molecule has 152 valence electrons. The molecular formula is C21H23F2N5O. The molecule has 0 radical (unpaired) electrons. The number of allylic oxidation sites excluding steroid dienone is 1. The molecular weight excluding hydrogens is 376 g/mol. The number of aromatic nitrogens is 1. The summed E-state index contributed by atoms with van der Waals surface area (Å²) in [7, 11) is 0. The third-order valence-corrected chi connectivity index (χ3v) is 4.69. The average Bonchev–Trinajstić information content (AvgIpc) is 3.10. The number of pyridine rings is 1. The zero-order valence-electron chi connectivity index (χ0n) is 15.8. The van der Waals surface area contributed by atoms with Crippen LogP contribution in [0, 0.1) is 5.41 Å². The second kappa shape index (κ2) is 8.93. The van der Waals surface area contributed by atoms with Crippen molar-refractivity contribution < 1.29 is 13.9 Å². The zero-order chi connectivity index (χ0) is 20.9. The summed E-state index contributed by atoms with van der Waals surface area (Å²) in [5.74, 6) is -3.10. The van der Waals surface area contributed by atoms with Crippen LogP contribution in [0.1, 0.15) is 22.3 Å². The zero-order valence-corrected chi connectivity index (χ0v) is 15.8. The van der Waals surface area contributed by atoms with Crippen molar-refractivity contribution in [1.29, 1.82) is 5.41 Å². The minimum atomic E-state index is -3.10. The molecule has 1 aliphatic heterocycles. The van der Waals surface area contributed by atoms with Crippen LogP contribution in [0.2, 0.25) is 0 Å². The van der Waals surface area contributed by atoms with Gasteiger partial charge in [0.15, 0.2) is 0 Å². The fourth-order valence-electron chi connectivity index (χ4n) is 3.29. The summed E-state index contributed by atoms with van der Waals surface area (Å²) in [6.45, 7) is -0.750. The van der Waals surface area contributed by atoms with Gasteiger partial charge < -0.3 is 21.6 Å². The van der Waals surface area contributed by atoms with E-state index in [1.54, 1.807) is 29.6 Å². The molecule has 3 rings (SSSR count). The topological polar surface area (TPSA) is 98.3 Å². The van der Waals surface area contributed by atoms with E-state index in [4.69, 9.17) is 16.2 Å². The highest BCUT2D eigenvalue weighted by Gasteiger charge is 2.33. The molecule has 0 amide bonds. The Hall–Kier alpha value is -3.10. The first-order valence-electron chi connectivity index (χ1n) is 9.08. The van der Waals surface area contributed by atoms with Gasteiger partial charge in [-0.15, -0.1) is 0 Å². The predicted octanol–water partition coefficient (Wildman–Crippen LogP) is 3.06. The number of nitrogens with one attached hydrogen (secondary N) is 2. The highest BCUT2D eigenvalue weighted by atomic mass is 19.3. The number of nitrogens with zero attached hydrogens (tertiary/aromatic N) is 2. The van der Waals surface area contributed by atoms with Gasteiger partial charge in [0.25, 0.3) is 5.92 Å². The number of benzene rings is 1. The molecule has 0 aliphatic carbocycles. The van der Waals surface area contributed by atoms with Gasteiger partial charge in [-0.3, -0.25) is 9.88 Å². The Morgan fingerprint density at radius 3 is 2.83 bits per heavy atom. The Bertz CT molecular complexity index is 942. The second-order valence-electron chi connectivity index (χ2n) is 6.85. The van der Waals surface area contributed by atoms with Crippen molar-refractivity contribution in [1.82, 2.24) is 9.88 Å². The number of anilines is 1. The quantitative estimate of drug-likeness (QED) is 0.512. The summed E-state index contributed by atoms with van der Waals surface area (Å²) < 4.78 is 26.9. The molecule has 8 heteroatoms. The molecule has 0 atom stereocenters. The Morgan fingerprint density at radius 2 is 2.10 bits per heavy atom. The molecule has 29 heavy (non-hydrogen) atoms. The monoisotopic (exact) mass is 399 g/mol. The summed E-state index contributed by atoms with van der Waals surface area (Å²) >= 11 is 0. The second-order valence-corrected chi connectivity index (χ2v) is 6.85. The van der Waals surface area contributed by atoms with Crippen LogP contribution in [0.25, 0.3) is 11.6 Å². The number of hydrogen-bond donors (Lipinski definition) is 4. The number of nitrogens with two attached hydrogens (primary N) is 1. The molecule has 1 aromatic heterocycles. The van der Waals surface area contributed by atoms with Crippen molar-refractivity contribution in [2.75, 3.05) is 18.5 Å². The number of rotatable bonds is 8. The van der Waals surface area contributed by atoms with Crippen LogP contribution < -0.4 is 11.1 Å². The van der Waals surface area contributed by atoms with Gasteiger partial charge in [0.05, 0.1) is 6.54 Å². The Labute approximate surface area is 167 Å². The van der Waals surface area contributed by atoms with Crippen LogP contribution in [0.3, 0.4) is 0 Å². The molecule has 0 spiro atoms. The lowest BCUT2D eigenvalue weighted by molar-refractivity contribution is -0.0738. The van der Waals surface area contributed by atoms with E-state index < -0.39 is 19.1 Å². The van der Waals surface area contributed by atoms with Gasteiger partial charge in [-0.2, -0.15) is 0 Å². The lowest BCUT2D eigenvalue weighted by Crippen LogP contribution is -2.36. The highest BCUT2D eigenvalue weighted by molar-refractivity contribution is 6.09. The lowest BCUT2D eigenvalue weighted by atomic mass is 10.0. The Kier molecular flexibility index (Phi) is 6.36. The van der Waals surface area contributed by atoms with Crippen LogP contribution in [0.5, 0.6) is 0 Å². The molecule has 6 nitrogen and oxygen atoms in total. The molecule has 5 N–H and O–H groups in total. The first-order valence-corrected chi connectivity index (χ1v) is 9.08. The van der Waals surface area contributed by atoms with Crippen LogP contribution >= 0.6 is 0 Å². The Balaban J connectivity index is 1.68.